The SMILES string of the molecule is Brc1ccc2c(c1)CN(C(c1ccccc1)(c1ccccc1)c1ccccc1)C2.CN1CCC(O)(c2ccc3c(c2)CN(C(c2ccccc2)(c2ccccc2)c2ccccc2)C3)CC1. The summed E-state index contributed by atoms with van der Waals surface area (Å²) in [5.74, 6) is 0. The Morgan fingerprint density at radius 2 is 0.708 bits per heavy atom. The number of benzene rings is 8. The lowest BCUT2D eigenvalue weighted by Crippen LogP contribution is -2.45. The Labute approximate surface area is 393 Å². The second-order valence-electron chi connectivity index (χ2n) is 18.1. The summed E-state index contributed by atoms with van der Waals surface area (Å²) in [6.07, 6.45) is 1.57. The minimum Gasteiger partial charge on any atom is -0.385 e. The number of hydrogen-bond acceptors (Lipinski definition) is 4. The molecule has 1 saturated heterocycles. The summed E-state index contributed by atoms with van der Waals surface area (Å²) in [6.45, 7) is 5.37. The van der Waals surface area contributed by atoms with Crippen LogP contribution in [0.5, 0.6) is 0 Å². The van der Waals surface area contributed by atoms with Crippen LogP contribution in [0.3, 0.4) is 0 Å². The molecule has 0 radical (unpaired) electrons. The highest BCUT2D eigenvalue weighted by molar-refractivity contribution is 9.10. The predicted molar refractivity (Wildman–Crippen MR) is 268 cm³/mol. The molecule has 8 aromatic rings. The maximum Gasteiger partial charge on any atom is 0.0978 e. The highest BCUT2D eigenvalue weighted by Gasteiger charge is 2.46. The molecule has 0 saturated carbocycles. The number of nitrogens with zero attached hydrogens (tertiary/aromatic N) is 3. The summed E-state index contributed by atoms with van der Waals surface area (Å²) in [7, 11) is 2.14. The molecule has 0 atom stereocenters. The van der Waals surface area contributed by atoms with Gasteiger partial charge < -0.3 is 10.0 Å². The third kappa shape index (κ3) is 8.11. The van der Waals surface area contributed by atoms with Crippen LogP contribution in [0.2, 0.25) is 0 Å². The molecule has 11 rings (SSSR count). The van der Waals surface area contributed by atoms with E-state index >= 15 is 0 Å². The van der Waals surface area contributed by atoms with Crippen LogP contribution in [-0.4, -0.2) is 39.9 Å². The van der Waals surface area contributed by atoms with Crippen molar-refractivity contribution < 1.29 is 5.11 Å². The molecule has 0 aliphatic carbocycles. The van der Waals surface area contributed by atoms with Gasteiger partial charge in [0.1, 0.15) is 0 Å². The number of likely N-dealkylation sites (tertiary alicyclic amines) is 1. The third-order valence-corrected chi connectivity index (χ3v) is 14.8. The zero-order valence-corrected chi connectivity index (χ0v) is 38.7. The normalized spacial score (nSPS) is 16.3. The molecule has 65 heavy (non-hydrogen) atoms. The van der Waals surface area contributed by atoms with Crippen molar-refractivity contribution in [3.05, 3.63) is 284 Å². The maximum absolute atomic E-state index is 11.5. The molecule has 3 aliphatic rings. The minimum atomic E-state index is -0.732. The van der Waals surface area contributed by atoms with Crippen LogP contribution in [0, 0.1) is 0 Å². The van der Waals surface area contributed by atoms with E-state index in [2.05, 4.69) is 256 Å². The zero-order chi connectivity index (χ0) is 44.3. The van der Waals surface area contributed by atoms with Crippen LogP contribution in [0.4, 0.5) is 0 Å². The van der Waals surface area contributed by atoms with E-state index < -0.39 is 11.1 Å². The molecule has 0 amide bonds. The molecule has 324 valence electrons. The van der Waals surface area contributed by atoms with Gasteiger partial charge in [-0.2, -0.15) is 0 Å². The van der Waals surface area contributed by atoms with Crippen molar-refractivity contribution in [1.82, 2.24) is 14.7 Å². The number of rotatable bonds is 9. The van der Waals surface area contributed by atoms with Gasteiger partial charge in [-0.1, -0.05) is 222 Å². The van der Waals surface area contributed by atoms with Gasteiger partial charge in [0.05, 0.1) is 16.7 Å². The van der Waals surface area contributed by atoms with Crippen LogP contribution < -0.4 is 0 Å². The Morgan fingerprint density at radius 1 is 0.400 bits per heavy atom. The Hall–Kier alpha value is -5.92. The van der Waals surface area contributed by atoms with E-state index in [1.54, 1.807) is 0 Å². The Bertz CT molecular complexity index is 2620. The highest BCUT2D eigenvalue weighted by Crippen LogP contribution is 2.48. The quantitative estimate of drug-likeness (QED) is 0.146. The van der Waals surface area contributed by atoms with E-state index in [-0.39, 0.29) is 5.54 Å². The molecule has 1 fully saturated rings. The van der Waals surface area contributed by atoms with Gasteiger partial charge in [-0.3, -0.25) is 9.80 Å². The monoisotopic (exact) mass is 913 g/mol. The Morgan fingerprint density at radius 3 is 1.06 bits per heavy atom. The van der Waals surface area contributed by atoms with E-state index in [9.17, 15) is 5.11 Å². The van der Waals surface area contributed by atoms with Gasteiger partial charge in [-0.25, -0.2) is 0 Å². The highest BCUT2D eigenvalue weighted by atomic mass is 79.9. The first kappa shape index (κ1) is 43.0. The summed E-state index contributed by atoms with van der Waals surface area (Å²) < 4.78 is 1.14. The molecule has 0 bridgehead atoms. The first-order valence-corrected chi connectivity index (χ1v) is 23.8. The predicted octanol–water partition coefficient (Wildman–Crippen LogP) is 12.7. The van der Waals surface area contributed by atoms with E-state index in [0.717, 1.165) is 62.1 Å². The lowest BCUT2D eigenvalue weighted by Gasteiger charge is -2.43. The molecule has 0 unspecified atom stereocenters. The molecule has 4 nitrogen and oxygen atoms in total. The van der Waals surface area contributed by atoms with Crippen LogP contribution in [0.25, 0.3) is 0 Å². The molecule has 3 aliphatic heterocycles. The summed E-state index contributed by atoms with van der Waals surface area (Å²) in [6, 6.07) is 78.9. The standard InChI is InChI=1S/C33H34N2O.C27H22BrN/c1-34-21-19-32(36,20-22-34)31-18-17-26-24-35(25-27(26)23-31)33(28-11-5-2-6-12-28,29-13-7-3-8-14-29)30-15-9-4-10-16-30;28-26-17-16-21-19-29(20-22(21)18-26)27(23-10-4-1-5-11-23,24-12-6-2-7-13-24)25-14-8-3-9-15-25/h2-18,23,36H,19-22,24-25H2,1H3;1-18H,19-20H2. The van der Waals surface area contributed by atoms with Crippen molar-refractivity contribution >= 4 is 15.9 Å². The Balaban J connectivity index is 0.000000157. The molecule has 1 N–H and O–H groups in total. The molecule has 8 aromatic carbocycles. The summed E-state index contributed by atoms with van der Waals surface area (Å²) in [5, 5.41) is 11.5. The van der Waals surface area contributed by atoms with Gasteiger partial charge in [0, 0.05) is 43.7 Å². The minimum absolute atomic E-state index is 0.352. The number of aliphatic hydroxyl groups is 1. The van der Waals surface area contributed by atoms with E-state index in [4.69, 9.17) is 0 Å². The van der Waals surface area contributed by atoms with Gasteiger partial charge in [0.2, 0.25) is 0 Å². The second-order valence-corrected chi connectivity index (χ2v) is 19.0. The number of hydrogen-bond donors (Lipinski definition) is 1. The van der Waals surface area contributed by atoms with Crippen molar-refractivity contribution in [2.75, 3.05) is 20.1 Å². The number of piperidine rings is 1. The zero-order valence-electron chi connectivity index (χ0n) is 37.1. The van der Waals surface area contributed by atoms with Crippen molar-refractivity contribution in [2.45, 2.75) is 55.7 Å². The summed E-state index contributed by atoms with van der Waals surface area (Å²) in [5.41, 5.74) is 12.7. The van der Waals surface area contributed by atoms with Crippen LogP contribution in [0.15, 0.2) is 223 Å². The van der Waals surface area contributed by atoms with Crippen LogP contribution >= 0.6 is 15.9 Å². The number of fused-ring (bicyclic) bond motifs is 2. The maximum atomic E-state index is 11.5. The van der Waals surface area contributed by atoms with Crippen molar-refractivity contribution in [1.29, 1.82) is 0 Å². The van der Waals surface area contributed by atoms with Crippen molar-refractivity contribution in [2.24, 2.45) is 0 Å². The number of halogens is 1. The average molecular weight is 915 g/mol. The fourth-order valence-corrected chi connectivity index (χ4v) is 11.4. The van der Waals surface area contributed by atoms with Gasteiger partial charge >= 0.3 is 0 Å². The van der Waals surface area contributed by atoms with E-state index in [0.29, 0.717) is 0 Å². The van der Waals surface area contributed by atoms with Gasteiger partial charge in [-0.05, 0) is 93.2 Å². The van der Waals surface area contributed by atoms with Crippen molar-refractivity contribution in [3.63, 3.8) is 0 Å². The summed E-state index contributed by atoms with van der Waals surface area (Å²) in [4.78, 5) is 7.53. The molecular weight excluding hydrogens is 859 g/mol. The molecule has 5 heteroatoms. The average Bonchev–Trinajstić information content (AvgIpc) is 4.00. The van der Waals surface area contributed by atoms with Gasteiger partial charge in [0.25, 0.3) is 0 Å². The molecule has 0 spiro atoms. The van der Waals surface area contributed by atoms with E-state index in [1.165, 1.54) is 55.6 Å². The topological polar surface area (TPSA) is 30.0 Å². The second kappa shape index (κ2) is 18.5. The smallest absolute Gasteiger partial charge is 0.0978 e. The fourth-order valence-electron chi connectivity index (χ4n) is 11.0. The summed E-state index contributed by atoms with van der Waals surface area (Å²) >= 11 is 3.65. The lowest BCUT2D eigenvalue weighted by molar-refractivity contribution is -0.0203. The third-order valence-electron chi connectivity index (χ3n) is 14.3. The Kier molecular flexibility index (Phi) is 12.3. The lowest BCUT2D eigenvalue weighted by atomic mass is 9.75. The van der Waals surface area contributed by atoms with Gasteiger partial charge in [-0.15, -0.1) is 0 Å². The van der Waals surface area contributed by atoms with Gasteiger partial charge in [0.15, 0.2) is 0 Å². The fraction of sp³-hybridized carbons (Fsp3) is 0.200. The first-order chi connectivity index (χ1) is 31.9. The molecule has 3 heterocycles. The van der Waals surface area contributed by atoms with Crippen LogP contribution in [0.1, 0.15) is 74.0 Å². The molecule has 0 aromatic heterocycles. The largest absolute Gasteiger partial charge is 0.385 e. The van der Waals surface area contributed by atoms with Crippen LogP contribution in [-0.2, 0) is 42.9 Å². The molecular formula is C60H56BrN3O. The first-order valence-electron chi connectivity index (χ1n) is 23.0. The van der Waals surface area contributed by atoms with E-state index in [1.807, 2.05) is 0 Å². The van der Waals surface area contributed by atoms with Crippen molar-refractivity contribution in [3.8, 4) is 0 Å².